The number of anilines is 2. The number of amides is 1. The molecule has 1 aliphatic heterocycles. The fraction of sp³-hybridized carbons (Fsp3) is 0.368. The van der Waals surface area contributed by atoms with Gasteiger partial charge in [0.25, 0.3) is 0 Å². The Bertz CT molecular complexity index is 964. The third kappa shape index (κ3) is 3.95. The summed E-state index contributed by atoms with van der Waals surface area (Å²) >= 11 is 3.40. The number of benzene rings is 1. The fourth-order valence-electron chi connectivity index (χ4n) is 3.37. The summed E-state index contributed by atoms with van der Waals surface area (Å²) in [6.45, 7) is 4.36. The molecule has 3 aromatic rings. The van der Waals surface area contributed by atoms with Crippen molar-refractivity contribution in [1.29, 1.82) is 0 Å². The summed E-state index contributed by atoms with van der Waals surface area (Å²) in [4.78, 5) is 23.5. The van der Waals surface area contributed by atoms with E-state index in [1.54, 1.807) is 17.2 Å². The molecule has 0 unspecified atom stereocenters. The number of carbonyl (C=O) groups excluding carboxylic acids is 1. The molecule has 1 N–H and O–H groups in total. The maximum atomic E-state index is 12.4. The Morgan fingerprint density at radius 2 is 2.11 bits per heavy atom. The van der Waals surface area contributed by atoms with Crippen molar-refractivity contribution in [3.8, 4) is 0 Å². The highest BCUT2D eigenvalue weighted by Gasteiger charge is 2.21. The van der Waals surface area contributed by atoms with Crippen LogP contribution in [0, 0.1) is 5.92 Å². The van der Waals surface area contributed by atoms with Gasteiger partial charge >= 0.3 is 0 Å². The third-order valence-electron chi connectivity index (χ3n) is 4.90. The van der Waals surface area contributed by atoms with E-state index in [1.807, 2.05) is 24.3 Å². The van der Waals surface area contributed by atoms with Crippen LogP contribution in [0.5, 0.6) is 0 Å². The summed E-state index contributed by atoms with van der Waals surface area (Å²) in [5, 5.41) is 8.16. The van der Waals surface area contributed by atoms with Crippen molar-refractivity contribution in [3.63, 3.8) is 0 Å². The molecule has 3 heterocycles. The molecule has 140 valence electrons. The topological polar surface area (TPSA) is 75.9 Å². The molecule has 1 saturated heterocycles. The van der Waals surface area contributed by atoms with Gasteiger partial charge in [-0.2, -0.15) is 5.10 Å². The minimum atomic E-state index is -0.148. The van der Waals surface area contributed by atoms with Gasteiger partial charge in [0.1, 0.15) is 18.7 Å². The van der Waals surface area contributed by atoms with E-state index in [4.69, 9.17) is 0 Å². The molecule has 0 aliphatic carbocycles. The number of hydrogen-bond donors (Lipinski definition) is 1. The average Bonchev–Trinajstić information content (AvgIpc) is 3.05. The van der Waals surface area contributed by atoms with E-state index in [0.717, 1.165) is 53.2 Å². The highest BCUT2D eigenvalue weighted by Crippen LogP contribution is 2.27. The summed E-state index contributed by atoms with van der Waals surface area (Å²) < 4.78 is 2.54. The minimum absolute atomic E-state index is 0.101. The van der Waals surface area contributed by atoms with Crippen LogP contribution in [-0.2, 0) is 11.3 Å². The highest BCUT2D eigenvalue weighted by molar-refractivity contribution is 9.10. The molecule has 0 atom stereocenters. The highest BCUT2D eigenvalue weighted by atomic mass is 79.9. The number of aromatic nitrogens is 4. The molecule has 0 radical (unpaired) electrons. The Labute approximate surface area is 165 Å². The van der Waals surface area contributed by atoms with Crippen LogP contribution in [0.1, 0.15) is 19.8 Å². The first kappa shape index (κ1) is 17.9. The van der Waals surface area contributed by atoms with E-state index in [9.17, 15) is 4.79 Å². The molecule has 2 aromatic heterocycles. The molecule has 1 aromatic carbocycles. The standard InChI is InChI=1S/C19H21BrN6O/c1-13-5-7-25(8-6-13)18-16-10-23-26(19(16)22-12-21-18)11-17(27)24-15-4-2-3-14(20)9-15/h2-4,9-10,12-13H,5-8,11H2,1H3,(H,24,27). The van der Waals surface area contributed by atoms with Crippen LogP contribution in [0.15, 0.2) is 41.3 Å². The number of halogens is 1. The van der Waals surface area contributed by atoms with Gasteiger partial charge in [-0.15, -0.1) is 0 Å². The zero-order valence-corrected chi connectivity index (χ0v) is 16.7. The first-order valence-electron chi connectivity index (χ1n) is 9.07. The summed E-state index contributed by atoms with van der Waals surface area (Å²) in [6.07, 6.45) is 5.64. The Hall–Kier alpha value is -2.48. The third-order valence-corrected chi connectivity index (χ3v) is 5.39. The van der Waals surface area contributed by atoms with Crippen LogP contribution in [0.2, 0.25) is 0 Å². The zero-order valence-electron chi connectivity index (χ0n) is 15.1. The average molecular weight is 429 g/mol. The summed E-state index contributed by atoms with van der Waals surface area (Å²) in [5.41, 5.74) is 1.42. The van der Waals surface area contributed by atoms with Gasteiger partial charge in [-0.1, -0.05) is 28.9 Å². The first-order valence-corrected chi connectivity index (χ1v) is 9.86. The Morgan fingerprint density at radius 1 is 1.30 bits per heavy atom. The summed E-state index contributed by atoms with van der Waals surface area (Å²) in [6, 6.07) is 7.50. The Morgan fingerprint density at radius 3 is 2.89 bits per heavy atom. The second-order valence-electron chi connectivity index (χ2n) is 6.96. The predicted octanol–water partition coefficient (Wildman–Crippen LogP) is 3.46. The molecule has 1 aliphatic rings. The van der Waals surface area contributed by atoms with Crippen molar-refractivity contribution in [2.75, 3.05) is 23.3 Å². The second-order valence-corrected chi connectivity index (χ2v) is 7.88. The van der Waals surface area contributed by atoms with Crippen LogP contribution >= 0.6 is 15.9 Å². The number of fused-ring (bicyclic) bond motifs is 1. The van der Waals surface area contributed by atoms with E-state index in [1.165, 1.54) is 0 Å². The molecule has 0 saturated carbocycles. The monoisotopic (exact) mass is 428 g/mol. The normalized spacial score (nSPS) is 15.3. The second kappa shape index (κ2) is 7.64. The van der Waals surface area contributed by atoms with Crippen molar-refractivity contribution in [2.24, 2.45) is 5.92 Å². The van der Waals surface area contributed by atoms with E-state index >= 15 is 0 Å². The van der Waals surface area contributed by atoms with Gasteiger partial charge in [-0.3, -0.25) is 4.79 Å². The molecule has 0 spiro atoms. The maximum Gasteiger partial charge on any atom is 0.246 e. The fourth-order valence-corrected chi connectivity index (χ4v) is 3.77. The number of rotatable bonds is 4. The maximum absolute atomic E-state index is 12.4. The SMILES string of the molecule is CC1CCN(c2ncnc3c2cnn3CC(=O)Nc2cccc(Br)c2)CC1. The Kier molecular flexibility index (Phi) is 5.07. The van der Waals surface area contributed by atoms with Gasteiger partial charge in [0.05, 0.1) is 11.6 Å². The number of nitrogens with zero attached hydrogens (tertiary/aromatic N) is 5. The lowest BCUT2D eigenvalue weighted by molar-refractivity contribution is -0.116. The van der Waals surface area contributed by atoms with Gasteiger partial charge in [-0.05, 0) is 37.0 Å². The lowest BCUT2D eigenvalue weighted by atomic mass is 9.99. The Balaban J connectivity index is 1.53. The minimum Gasteiger partial charge on any atom is -0.356 e. The zero-order chi connectivity index (χ0) is 18.8. The molecular weight excluding hydrogens is 408 g/mol. The van der Waals surface area contributed by atoms with Crippen LogP contribution in [0.3, 0.4) is 0 Å². The molecule has 4 rings (SSSR count). The lowest BCUT2D eigenvalue weighted by Crippen LogP contribution is -2.33. The number of hydrogen-bond acceptors (Lipinski definition) is 5. The molecule has 0 bridgehead atoms. The van der Waals surface area contributed by atoms with E-state index in [2.05, 4.69) is 48.1 Å². The smallest absolute Gasteiger partial charge is 0.246 e. The van der Waals surface area contributed by atoms with Crippen LogP contribution in [-0.4, -0.2) is 38.7 Å². The summed E-state index contributed by atoms with van der Waals surface area (Å²) in [5.74, 6) is 1.51. The molecule has 1 fully saturated rings. The van der Waals surface area contributed by atoms with Gasteiger partial charge in [-0.25, -0.2) is 14.6 Å². The largest absolute Gasteiger partial charge is 0.356 e. The van der Waals surface area contributed by atoms with Crippen LogP contribution in [0.4, 0.5) is 11.5 Å². The van der Waals surface area contributed by atoms with Gasteiger partial charge in [0.2, 0.25) is 5.91 Å². The van der Waals surface area contributed by atoms with Crippen LogP contribution < -0.4 is 10.2 Å². The first-order chi connectivity index (χ1) is 13.1. The lowest BCUT2D eigenvalue weighted by Gasteiger charge is -2.31. The molecular formula is C19H21BrN6O. The summed E-state index contributed by atoms with van der Waals surface area (Å²) in [7, 11) is 0. The van der Waals surface area contributed by atoms with Crippen molar-refractivity contribution in [1.82, 2.24) is 19.7 Å². The van der Waals surface area contributed by atoms with Crippen LogP contribution in [0.25, 0.3) is 11.0 Å². The van der Waals surface area contributed by atoms with E-state index < -0.39 is 0 Å². The molecule has 1 amide bonds. The number of piperidine rings is 1. The van der Waals surface area contributed by atoms with E-state index in [0.29, 0.717) is 5.65 Å². The molecule has 7 nitrogen and oxygen atoms in total. The molecule has 27 heavy (non-hydrogen) atoms. The molecule has 8 heteroatoms. The number of carbonyl (C=O) groups is 1. The quantitative estimate of drug-likeness (QED) is 0.688. The number of nitrogens with one attached hydrogen (secondary N) is 1. The predicted molar refractivity (Wildman–Crippen MR) is 109 cm³/mol. The van der Waals surface area contributed by atoms with Gasteiger partial charge < -0.3 is 10.2 Å². The van der Waals surface area contributed by atoms with Gasteiger partial charge in [0, 0.05) is 23.2 Å². The van der Waals surface area contributed by atoms with Crippen molar-refractivity contribution < 1.29 is 4.79 Å². The van der Waals surface area contributed by atoms with Crippen molar-refractivity contribution in [3.05, 3.63) is 41.3 Å². The van der Waals surface area contributed by atoms with Gasteiger partial charge in [0.15, 0.2) is 5.65 Å². The van der Waals surface area contributed by atoms with Crippen molar-refractivity contribution >= 4 is 44.4 Å². The van der Waals surface area contributed by atoms with E-state index in [-0.39, 0.29) is 12.5 Å². The van der Waals surface area contributed by atoms with Crippen molar-refractivity contribution in [2.45, 2.75) is 26.3 Å².